The summed E-state index contributed by atoms with van der Waals surface area (Å²) in [5.41, 5.74) is 2.54. The first-order chi connectivity index (χ1) is 12.6. The maximum atomic E-state index is 12.5. The second kappa shape index (κ2) is 6.64. The average molecular weight is 340 g/mol. The highest BCUT2D eigenvalue weighted by Crippen LogP contribution is 2.27. The first-order valence-electron chi connectivity index (χ1n) is 8.81. The Morgan fingerprint density at radius 3 is 2.12 bits per heavy atom. The molecule has 26 heavy (non-hydrogen) atoms. The fraction of sp³-hybridized carbons (Fsp3) is 0.125. The summed E-state index contributed by atoms with van der Waals surface area (Å²) >= 11 is 0. The van der Waals surface area contributed by atoms with Crippen molar-refractivity contribution in [3.63, 3.8) is 0 Å². The summed E-state index contributed by atoms with van der Waals surface area (Å²) in [5.74, 6) is -0.283. The molecule has 0 aliphatic heterocycles. The van der Waals surface area contributed by atoms with E-state index in [1.165, 1.54) is 16.2 Å². The van der Waals surface area contributed by atoms with Gasteiger partial charge < -0.3 is 4.74 Å². The van der Waals surface area contributed by atoms with Crippen molar-refractivity contribution in [1.82, 2.24) is 0 Å². The van der Waals surface area contributed by atoms with Crippen LogP contribution in [0.5, 0.6) is 0 Å². The molecule has 0 saturated heterocycles. The molecule has 1 atom stereocenters. The van der Waals surface area contributed by atoms with Gasteiger partial charge in [0.2, 0.25) is 0 Å². The van der Waals surface area contributed by atoms with Crippen LogP contribution in [0.2, 0.25) is 0 Å². The van der Waals surface area contributed by atoms with Gasteiger partial charge >= 0.3 is 5.97 Å². The molecule has 2 heteroatoms. The Morgan fingerprint density at radius 1 is 0.769 bits per heavy atom. The number of esters is 1. The first-order valence-corrected chi connectivity index (χ1v) is 8.81. The Hall–Kier alpha value is -3.13. The summed E-state index contributed by atoms with van der Waals surface area (Å²) in [6.45, 7) is 3.83. The fourth-order valence-corrected chi connectivity index (χ4v) is 3.31. The van der Waals surface area contributed by atoms with Crippen LogP contribution in [-0.4, -0.2) is 5.97 Å². The summed E-state index contributed by atoms with van der Waals surface area (Å²) in [4.78, 5) is 12.5. The molecular formula is C24H20O2. The van der Waals surface area contributed by atoms with E-state index in [4.69, 9.17) is 4.74 Å². The van der Waals surface area contributed by atoms with E-state index in [-0.39, 0.29) is 12.1 Å². The Balaban J connectivity index is 1.64. The van der Waals surface area contributed by atoms with Crippen LogP contribution in [0.3, 0.4) is 0 Å². The molecule has 4 rings (SSSR count). The summed E-state index contributed by atoms with van der Waals surface area (Å²) in [5, 5.41) is 4.78. The zero-order chi connectivity index (χ0) is 18.1. The molecule has 0 saturated carbocycles. The molecule has 0 amide bonds. The van der Waals surface area contributed by atoms with Gasteiger partial charge in [0.1, 0.15) is 6.10 Å². The number of ether oxygens (including phenoxy) is 1. The number of carbonyl (C=O) groups excluding carboxylic acids is 1. The van der Waals surface area contributed by atoms with Crippen molar-refractivity contribution >= 4 is 27.5 Å². The minimum absolute atomic E-state index is 0.283. The minimum Gasteiger partial charge on any atom is -0.454 e. The van der Waals surface area contributed by atoms with Crippen LogP contribution in [0.4, 0.5) is 0 Å². The van der Waals surface area contributed by atoms with Gasteiger partial charge in [0.25, 0.3) is 0 Å². The van der Waals surface area contributed by atoms with Gasteiger partial charge in [-0.3, -0.25) is 0 Å². The van der Waals surface area contributed by atoms with Gasteiger partial charge in [0.15, 0.2) is 0 Å². The molecule has 0 radical (unpaired) electrons. The van der Waals surface area contributed by atoms with Gasteiger partial charge in [-0.1, -0.05) is 54.6 Å². The zero-order valence-corrected chi connectivity index (χ0v) is 14.9. The van der Waals surface area contributed by atoms with Crippen molar-refractivity contribution in [2.24, 2.45) is 0 Å². The second-order valence-electron chi connectivity index (χ2n) is 6.67. The SMILES string of the molecule is Cc1ccccc1C(=O)OC(C)c1ccc2cc3ccccc3cc2c1. The van der Waals surface area contributed by atoms with Crippen LogP contribution in [0.25, 0.3) is 21.5 Å². The average Bonchev–Trinajstić information content (AvgIpc) is 2.66. The number of carbonyl (C=O) groups is 1. The molecule has 1 unspecified atom stereocenters. The van der Waals surface area contributed by atoms with Gasteiger partial charge in [0, 0.05) is 0 Å². The van der Waals surface area contributed by atoms with Crippen molar-refractivity contribution < 1.29 is 9.53 Å². The van der Waals surface area contributed by atoms with Crippen LogP contribution < -0.4 is 0 Å². The lowest BCUT2D eigenvalue weighted by Gasteiger charge is -2.15. The van der Waals surface area contributed by atoms with E-state index in [0.717, 1.165) is 16.5 Å². The molecule has 0 aliphatic rings. The number of hydrogen-bond donors (Lipinski definition) is 0. The van der Waals surface area contributed by atoms with Crippen LogP contribution in [0, 0.1) is 6.92 Å². The van der Waals surface area contributed by atoms with Crippen molar-refractivity contribution in [3.8, 4) is 0 Å². The first kappa shape index (κ1) is 16.3. The summed E-state index contributed by atoms with van der Waals surface area (Å²) < 4.78 is 5.70. The Morgan fingerprint density at radius 2 is 1.38 bits per heavy atom. The highest BCUT2D eigenvalue weighted by molar-refractivity contribution is 5.98. The van der Waals surface area contributed by atoms with Crippen LogP contribution >= 0.6 is 0 Å². The highest BCUT2D eigenvalue weighted by Gasteiger charge is 2.15. The smallest absolute Gasteiger partial charge is 0.338 e. The number of benzene rings is 4. The number of fused-ring (bicyclic) bond motifs is 2. The molecule has 0 bridgehead atoms. The number of aryl methyl sites for hydroxylation is 1. The topological polar surface area (TPSA) is 26.3 Å². The van der Waals surface area contributed by atoms with Gasteiger partial charge in [-0.05, 0) is 70.8 Å². The largest absolute Gasteiger partial charge is 0.454 e. The third kappa shape index (κ3) is 3.06. The quantitative estimate of drug-likeness (QED) is 0.327. The Kier molecular flexibility index (Phi) is 4.18. The number of hydrogen-bond acceptors (Lipinski definition) is 2. The van der Waals surface area contributed by atoms with E-state index in [9.17, 15) is 4.79 Å². The molecule has 0 N–H and O–H groups in total. The molecule has 2 nitrogen and oxygen atoms in total. The lowest BCUT2D eigenvalue weighted by molar-refractivity contribution is 0.0337. The fourth-order valence-electron chi connectivity index (χ4n) is 3.31. The molecule has 4 aromatic rings. The molecule has 0 spiro atoms. The molecule has 0 aromatic heterocycles. The van der Waals surface area contributed by atoms with Crippen LogP contribution in [-0.2, 0) is 4.74 Å². The van der Waals surface area contributed by atoms with E-state index in [2.05, 4.69) is 42.5 Å². The lowest BCUT2D eigenvalue weighted by atomic mass is 10.00. The van der Waals surface area contributed by atoms with Gasteiger partial charge in [0.05, 0.1) is 5.56 Å². The normalized spacial score (nSPS) is 12.2. The molecule has 128 valence electrons. The monoisotopic (exact) mass is 340 g/mol. The van der Waals surface area contributed by atoms with E-state index in [1.807, 2.05) is 44.2 Å². The standard InChI is InChI=1S/C24H20O2/c1-16-7-3-6-10-23(16)24(25)26-17(2)18-11-12-21-14-19-8-4-5-9-20(19)15-22(21)13-18/h3-15,17H,1-2H3. The van der Waals surface area contributed by atoms with Crippen molar-refractivity contribution in [2.75, 3.05) is 0 Å². The third-order valence-electron chi connectivity index (χ3n) is 4.85. The predicted octanol–water partition coefficient (Wildman–Crippen LogP) is 6.22. The maximum absolute atomic E-state index is 12.5. The molecule has 0 fully saturated rings. The van der Waals surface area contributed by atoms with E-state index in [1.54, 1.807) is 6.07 Å². The number of rotatable bonds is 3. The lowest BCUT2D eigenvalue weighted by Crippen LogP contribution is -2.10. The molecule has 4 aromatic carbocycles. The minimum atomic E-state index is -0.307. The van der Waals surface area contributed by atoms with Crippen molar-refractivity contribution in [2.45, 2.75) is 20.0 Å². The van der Waals surface area contributed by atoms with Crippen molar-refractivity contribution in [3.05, 3.63) is 95.6 Å². The summed E-state index contributed by atoms with van der Waals surface area (Å²) in [7, 11) is 0. The molecule has 0 aliphatic carbocycles. The van der Waals surface area contributed by atoms with E-state index < -0.39 is 0 Å². The van der Waals surface area contributed by atoms with Gasteiger partial charge in [-0.2, -0.15) is 0 Å². The molecule has 0 heterocycles. The van der Waals surface area contributed by atoms with E-state index >= 15 is 0 Å². The zero-order valence-electron chi connectivity index (χ0n) is 14.9. The van der Waals surface area contributed by atoms with E-state index in [0.29, 0.717) is 5.56 Å². The third-order valence-corrected chi connectivity index (χ3v) is 4.85. The Bertz CT molecular complexity index is 1110. The van der Waals surface area contributed by atoms with Crippen LogP contribution in [0.15, 0.2) is 78.9 Å². The predicted molar refractivity (Wildman–Crippen MR) is 106 cm³/mol. The summed E-state index contributed by atoms with van der Waals surface area (Å²) in [6.07, 6.45) is -0.307. The van der Waals surface area contributed by atoms with Crippen molar-refractivity contribution in [1.29, 1.82) is 0 Å². The maximum Gasteiger partial charge on any atom is 0.338 e. The Labute approximate surface area is 153 Å². The van der Waals surface area contributed by atoms with Crippen LogP contribution in [0.1, 0.15) is 34.5 Å². The van der Waals surface area contributed by atoms with Gasteiger partial charge in [-0.25, -0.2) is 4.79 Å². The summed E-state index contributed by atoms with van der Waals surface area (Å²) in [6, 6.07) is 26.4. The molecular weight excluding hydrogens is 320 g/mol. The second-order valence-corrected chi connectivity index (χ2v) is 6.67. The van der Waals surface area contributed by atoms with Gasteiger partial charge in [-0.15, -0.1) is 0 Å². The highest BCUT2D eigenvalue weighted by atomic mass is 16.5.